The van der Waals surface area contributed by atoms with Crippen LogP contribution in [0.25, 0.3) is 0 Å². The minimum Gasteiger partial charge on any atom is -0.319 e. The molecule has 1 nitrogen and oxygen atoms in total. The van der Waals surface area contributed by atoms with Crippen molar-refractivity contribution < 1.29 is 0 Å². The van der Waals surface area contributed by atoms with E-state index in [9.17, 15) is 0 Å². The van der Waals surface area contributed by atoms with Gasteiger partial charge in [-0.25, -0.2) is 0 Å². The molecule has 80 valence electrons. The summed E-state index contributed by atoms with van der Waals surface area (Å²) >= 11 is 0. The van der Waals surface area contributed by atoms with Crippen molar-refractivity contribution in [1.82, 2.24) is 5.32 Å². The van der Waals surface area contributed by atoms with E-state index in [1.165, 1.54) is 38.6 Å². The van der Waals surface area contributed by atoms with Crippen LogP contribution in [0.5, 0.6) is 0 Å². The standard InChI is InChI=1S/C12H27N/c1-11(2)8-6-5-7-9-12(3)10-13-4/h11-13H,5-10H2,1-4H3. The molecule has 0 rings (SSSR count). The zero-order valence-electron chi connectivity index (χ0n) is 9.90. The zero-order chi connectivity index (χ0) is 10.1. The summed E-state index contributed by atoms with van der Waals surface area (Å²) in [5, 5.41) is 3.23. The first-order valence-electron chi connectivity index (χ1n) is 5.81. The van der Waals surface area contributed by atoms with Gasteiger partial charge in [0, 0.05) is 0 Å². The first kappa shape index (κ1) is 13.0. The van der Waals surface area contributed by atoms with Gasteiger partial charge >= 0.3 is 0 Å². The monoisotopic (exact) mass is 185 g/mol. The Morgan fingerprint density at radius 1 is 0.923 bits per heavy atom. The highest BCUT2D eigenvalue weighted by Gasteiger charge is 2.00. The Morgan fingerprint density at radius 2 is 1.54 bits per heavy atom. The Kier molecular flexibility index (Phi) is 8.53. The van der Waals surface area contributed by atoms with E-state index in [0.717, 1.165) is 11.8 Å². The van der Waals surface area contributed by atoms with Crippen molar-refractivity contribution in [3.63, 3.8) is 0 Å². The van der Waals surface area contributed by atoms with Gasteiger partial charge in [0.05, 0.1) is 0 Å². The minimum absolute atomic E-state index is 0.851. The Balaban J connectivity index is 3.06. The first-order valence-corrected chi connectivity index (χ1v) is 5.81. The molecule has 0 aliphatic heterocycles. The summed E-state index contributed by atoms with van der Waals surface area (Å²) in [5.74, 6) is 1.73. The molecule has 0 bridgehead atoms. The van der Waals surface area contributed by atoms with E-state index in [1.54, 1.807) is 0 Å². The topological polar surface area (TPSA) is 12.0 Å². The molecule has 0 fully saturated rings. The molecule has 0 spiro atoms. The predicted octanol–water partition coefficient (Wildman–Crippen LogP) is 3.45. The van der Waals surface area contributed by atoms with Crippen LogP contribution in [-0.4, -0.2) is 13.6 Å². The largest absolute Gasteiger partial charge is 0.319 e. The fourth-order valence-electron chi connectivity index (χ4n) is 1.67. The van der Waals surface area contributed by atoms with Crippen LogP contribution in [0, 0.1) is 11.8 Å². The quantitative estimate of drug-likeness (QED) is 0.571. The highest BCUT2D eigenvalue weighted by atomic mass is 14.8. The highest BCUT2D eigenvalue weighted by Crippen LogP contribution is 2.12. The van der Waals surface area contributed by atoms with Crippen LogP contribution in [0.3, 0.4) is 0 Å². The summed E-state index contributed by atoms with van der Waals surface area (Å²) < 4.78 is 0. The van der Waals surface area contributed by atoms with Crippen molar-refractivity contribution in [2.24, 2.45) is 11.8 Å². The van der Waals surface area contributed by atoms with Crippen LogP contribution in [0.1, 0.15) is 52.9 Å². The van der Waals surface area contributed by atoms with Crippen LogP contribution in [0.4, 0.5) is 0 Å². The molecule has 1 N–H and O–H groups in total. The maximum absolute atomic E-state index is 3.23. The lowest BCUT2D eigenvalue weighted by atomic mass is 10.0. The fourth-order valence-corrected chi connectivity index (χ4v) is 1.67. The second-order valence-electron chi connectivity index (χ2n) is 4.69. The van der Waals surface area contributed by atoms with Crippen LogP contribution < -0.4 is 5.32 Å². The third-order valence-corrected chi connectivity index (χ3v) is 2.53. The molecule has 1 heteroatoms. The minimum atomic E-state index is 0.851. The summed E-state index contributed by atoms with van der Waals surface area (Å²) in [6.45, 7) is 8.12. The molecule has 0 aromatic heterocycles. The van der Waals surface area contributed by atoms with E-state index < -0.39 is 0 Å². The molecule has 0 aliphatic carbocycles. The molecule has 0 amide bonds. The maximum atomic E-state index is 3.23. The second kappa shape index (κ2) is 8.55. The van der Waals surface area contributed by atoms with E-state index in [4.69, 9.17) is 0 Å². The summed E-state index contributed by atoms with van der Waals surface area (Å²) in [6.07, 6.45) is 7.05. The highest BCUT2D eigenvalue weighted by molar-refractivity contribution is 4.55. The summed E-state index contributed by atoms with van der Waals surface area (Å²) in [7, 11) is 2.04. The van der Waals surface area contributed by atoms with Gasteiger partial charge in [-0.3, -0.25) is 0 Å². The molecule has 0 saturated carbocycles. The van der Waals surface area contributed by atoms with Crippen molar-refractivity contribution in [2.45, 2.75) is 52.9 Å². The fraction of sp³-hybridized carbons (Fsp3) is 1.00. The molecule has 0 radical (unpaired) electrons. The number of hydrogen-bond donors (Lipinski definition) is 1. The Bertz CT molecular complexity index is 99.3. The molecule has 1 unspecified atom stereocenters. The summed E-state index contributed by atoms with van der Waals surface area (Å²) in [5.41, 5.74) is 0. The summed E-state index contributed by atoms with van der Waals surface area (Å²) in [6, 6.07) is 0. The van der Waals surface area contributed by atoms with Gasteiger partial charge in [0.15, 0.2) is 0 Å². The number of rotatable bonds is 8. The lowest BCUT2D eigenvalue weighted by molar-refractivity contribution is 0.454. The van der Waals surface area contributed by atoms with Gasteiger partial charge in [0.25, 0.3) is 0 Å². The van der Waals surface area contributed by atoms with E-state index in [0.29, 0.717) is 0 Å². The van der Waals surface area contributed by atoms with Crippen molar-refractivity contribution in [1.29, 1.82) is 0 Å². The van der Waals surface area contributed by atoms with Crippen molar-refractivity contribution in [2.75, 3.05) is 13.6 Å². The van der Waals surface area contributed by atoms with Crippen LogP contribution in [-0.2, 0) is 0 Å². The van der Waals surface area contributed by atoms with Gasteiger partial charge in [0.1, 0.15) is 0 Å². The van der Waals surface area contributed by atoms with Gasteiger partial charge in [0.2, 0.25) is 0 Å². The number of unbranched alkanes of at least 4 members (excludes halogenated alkanes) is 2. The average molecular weight is 185 g/mol. The van der Waals surface area contributed by atoms with Gasteiger partial charge in [-0.2, -0.15) is 0 Å². The van der Waals surface area contributed by atoms with Gasteiger partial charge in [-0.05, 0) is 31.8 Å². The number of nitrogens with one attached hydrogen (secondary N) is 1. The molecule has 0 heterocycles. The third-order valence-electron chi connectivity index (χ3n) is 2.53. The summed E-state index contributed by atoms with van der Waals surface area (Å²) in [4.78, 5) is 0. The van der Waals surface area contributed by atoms with E-state index in [1.807, 2.05) is 7.05 Å². The zero-order valence-corrected chi connectivity index (χ0v) is 9.90. The lowest BCUT2D eigenvalue weighted by Gasteiger charge is -2.10. The Hall–Kier alpha value is -0.0400. The van der Waals surface area contributed by atoms with Crippen molar-refractivity contribution >= 4 is 0 Å². The lowest BCUT2D eigenvalue weighted by Crippen LogP contribution is -2.15. The van der Waals surface area contributed by atoms with E-state index in [-0.39, 0.29) is 0 Å². The van der Waals surface area contributed by atoms with Crippen LogP contribution in [0.2, 0.25) is 0 Å². The van der Waals surface area contributed by atoms with E-state index >= 15 is 0 Å². The Morgan fingerprint density at radius 3 is 2.08 bits per heavy atom. The van der Waals surface area contributed by atoms with Gasteiger partial charge in [-0.1, -0.05) is 46.5 Å². The predicted molar refractivity (Wildman–Crippen MR) is 61.0 cm³/mol. The third kappa shape index (κ3) is 9.88. The molecule has 1 atom stereocenters. The second-order valence-corrected chi connectivity index (χ2v) is 4.69. The van der Waals surface area contributed by atoms with Crippen molar-refractivity contribution in [3.05, 3.63) is 0 Å². The van der Waals surface area contributed by atoms with Gasteiger partial charge in [-0.15, -0.1) is 0 Å². The molecule has 0 saturated heterocycles. The molecular weight excluding hydrogens is 158 g/mol. The maximum Gasteiger partial charge on any atom is -0.00262 e. The van der Waals surface area contributed by atoms with Crippen molar-refractivity contribution in [3.8, 4) is 0 Å². The molecule has 13 heavy (non-hydrogen) atoms. The van der Waals surface area contributed by atoms with Crippen LogP contribution in [0.15, 0.2) is 0 Å². The first-order chi connectivity index (χ1) is 6.16. The SMILES string of the molecule is CNCC(C)CCCCCC(C)C. The average Bonchev–Trinajstić information content (AvgIpc) is 2.03. The van der Waals surface area contributed by atoms with E-state index in [2.05, 4.69) is 26.1 Å². The normalized spacial score (nSPS) is 13.6. The smallest absolute Gasteiger partial charge is 0.00262 e. The molecule has 0 aliphatic rings. The van der Waals surface area contributed by atoms with Gasteiger partial charge < -0.3 is 5.32 Å². The molecular formula is C12H27N. The Labute approximate surface area is 84.3 Å². The molecule has 0 aromatic carbocycles. The molecule has 0 aromatic rings. The van der Waals surface area contributed by atoms with Crippen LogP contribution >= 0.6 is 0 Å². The number of hydrogen-bond acceptors (Lipinski definition) is 1.